The summed E-state index contributed by atoms with van der Waals surface area (Å²) in [6.07, 6.45) is 71.9. The summed E-state index contributed by atoms with van der Waals surface area (Å²) in [5, 5.41) is 0. The quantitative estimate of drug-likeness (QED) is 0.0262. The lowest BCUT2D eigenvalue weighted by molar-refractivity contribution is -0.166. The molecule has 0 saturated carbocycles. The molecule has 0 N–H and O–H groups in total. The molecule has 1 atom stereocenters. The molecule has 0 aromatic heterocycles. The van der Waals surface area contributed by atoms with E-state index in [0.717, 1.165) is 128 Å². The molecule has 366 valence electrons. The van der Waals surface area contributed by atoms with Crippen molar-refractivity contribution < 1.29 is 28.6 Å². The lowest BCUT2D eigenvalue weighted by Gasteiger charge is -2.18. The lowest BCUT2D eigenvalue weighted by Crippen LogP contribution is -2.30. The fourth-order valence-electron chi connectivity index (χ4n) is 6.50. The molecule has 0 radical (unpaired) electrons. The SMILES string of the molecule is CC/C=C\C/C=C\C/C=C\C/C=C\C/C=C\C/C=C\CCC(=O)OC[C@@H](COC(=O)CCCCCCC/C=C\C/C=C\CCCC)OC(=O)CCCCCCC/C=C\C/C=C\CCCC. The molecule has 0 aromatic rings. The first-order valence-corrected chi connectivity index (χ1v) is 26.0. The standard InChI is InChI=1S/C59H94O6/c1-4-7-10-13-16-19-22-25-28-29-30-31-32-35-37-40-43-46-49-52-58(61)64-55-56(65-59(62)53-50-47-44-41-38-34-27-24-21-18-15-12-9-6-3)54-63-57(60)51-48-45-42-39-36-33-26-23-20-17-14-11-8-5-2/h7,10,14-19,23-28,30-31,35,37,43,46,56H,4-6,8-9,11-13,20-22,29,32-34,36,38-42,44-45,47-55H2,1-3H3/b10-7-,17-14-,18-15-,19-16-,26-23-,27-24-,28-25-,31-30-,37-35-,46-43-/t56-/m1/s1. The van der Waals surface area contributed by atoms with Gasteiger partial charge in [0.1, 0.15) is 13.2 Å². The van der Waals surface area contributed by atoms with Crippen LogP contribution in [0.1, 0.15) is 213 Å². The van der Waals surface area contributed by atoms with Crippen LogP contribution in [-0.2, 0) is 28.6 Å². The van der Waals surface area contributed by atoms with Gasteiger partial charge in [-0.1, -0.05) is 206 Å². The molecular weight excluding hydrogens is 805 g/mol. The predicted octanol–water partition coefficient (Wildman–Crippen LogP) is 17.3. The number of rotatable bonds is 45. The molecule has 0 rings (SSSR count). The maximum atomic E-state index is 12.8. The first-order valence-electron chi connectivity index (χ1n) is 26.0. The average Bonchev–Trinajstić information content (AvgIpc) is 3.30. The Morgan fingerprint density at radius 1 is 0.323 bits per heavy atom. The molecule has 6 heteroatoms. The minimum absolute atomic E-state index is 0.118. The summed E-state index contributed by atoms with van der Waals surface area (Å²) < 4.78 is 16.7. The smallest absolute Gasteiger partial charge is 0.306 e. The second-order valence-electron chi connectivity index (χ2n) is 16.7. The number of ether oxygens (including phenoxy) is 3. The molecule has 65 heavy (non-hydrogen) atoms. The number of carbonyl (C=O) groups excluding carboxylic acids is 3. The van der Waals surface area contributed by atoms with Gasteiger partial charge in [0.15, 0.2) is 6.10 Å². The Balaban J connectivity index is 4.56. The fraction of sp³-hybridized carbons (Fsp3) is 0.610. The first kappa shape index (κ1) is 60.8. The van der Waals surface area contributed by atoms with Crippen molar-refractivity contribution >= 4 is 17.9 Å². The van der Waals surface area contributed by atoms with Crippen molar-refractivity contribution in [3.63, 3.8) is 0 Å². The van der Waals surface area contributed by atoms with Gasteiger partial charge in [0.2, 0.25) is 0 Å². The summed E-state index contributed by atoms with van der Waals surface area (Å²) >= 11 is 0. The highest BCUT2D eigenvalue weighted by Crippen LogP contribution is 2.12. The Bertz CT molecular complexity index is 1400. The van der Waals surface area contributed by atoms with Crippen LogP contribution in [0.2, 0.25) is 0 Å². The van der Waals surface area contributed by atoms with Crippen LogP contribution in [0.3, 0.4) is 0 Å². The van der Waals surface area contributed by atoms with Gasteiger partial charge in [0.05, 0.1) is 0 Å². The van der Waals surface area contributed by atoms with Crippen LogP contribution in [0.4, 0.5) is 0 Å². The Labute approximate surface area is 399 Å². The molecule has 0 aromatic carbocycles. The van der Waals surface area contributed by atoms with Crippen LogP contribution in [-0.4, -0.2) is 37.2 Å². The van der Waals surface area contributed by atoms with Gasteiger partial charge in [-0.15, -0.1) is 0 Å². The van der Waals surface area contributed by atoms with Gasteiger partial charge < -0.3 is 14.2 Å². The second-order valence-corrected chi connectivity index (χ2v) is 16.7. The number of hydrogen-bond donors (Lipinski definition) is 0. The zero-order chi connectivity index (χ0) is 47.2. The Kier molecular flexibility index (Phi) is 49.1. The lowest BCUT2D eigenvalue weighted by atomic mass is 10.1. The first-order chi connectivity index (χ1) is 32.0. The topological polar surface area (TPSA) is 78.9 Å². The van der Waals surface area contributed by atoms with Gasteiger partial charge in [0.25, 0.3) is 0 Å². The zero-order valence-electron chi connectivity index (χ0n) is 41.7. The average molecular weight is 899 g/mol. The van der Waals surface area contributed by atoms with Gasteiger partial charge in [-0.05, 0) is 109 Å². The highest BCUT2D eigenvalue weighted by Gasteiger charge is 2.19. The Morgan fingerprint density at radius 2 is 0.631 bits per heavy atom. The molecule has 0 fully saturated rings. The summed E-state index contributed by atoms with van der Waals surface area (Å²) in [6, 6.07) is 0. The molecule has 0 unspecified atom stereocenters. The summed E-state index contributed by atoms with van der Waals surface area (Å²) in [7, 11) is 0. The van der Waals surface area contributed by atoms with Crippen molar-refractivity contribution in [2.75, 3.05) is 13.2 Å². The predicted molar refractivity (Wildman–Crippen MR) is 279 cm³/mol. The maximum Gasteiger partial charge on any atom is 0.306 e. The van der Waals surface area contributed by atoms with E-state index in [-0.39, 0.29) is 44.0 Å². The van der Waals surface area contributed by atoms with Gasteiger partial charge in [-0.3, -0.25) is 14.4 Å². The van der Waals surface area contributed by atoms with Gasteiger partial charge in [-0.2, -0.15) is 0 Å². The molecule has 0 aliphatic carbocycles. The molecular formula is C59H94O6. The number of unbranched alkanes of at least 4 members (excludes halogenated alkanes) is 14. The van der Waals surface area contributed by atoms with Crippen molar-refractivity contribution in [2.45, 2.75) is 219 Å². The van der Waals surface area contributed by atoms with E-state index in [9.17, 15) is 14.4 Å². The monoisotopic (exact) mass is 899 g/mol. The molecule has 0 aliphatic heterocycles. The van der Waals surface area contributed by atoms with Crippen molar-refractivity contribution in [2.24, 2.45) is 0 Å². The van der Waals surface area contributed by atoms with Crippen LogP contribution < -0.4 is 0 Å². The maximum absolute atomic E-state index is 12.8. The van der Waals surface area contributed by atoms with Gasteiger partial charge >= 0.3 is 17.9 Å². The number of carbonyl (C=O) groups is 3. The van der Waals surface area contributed by atoms with E-state index in [0.29, 0.717) is 12.8 Å². The van der Waals surface area contributed by atoms with Crippen LogP contribution in [0.25, 0.3) is 0 Å². The third-order valence-corrected chi connectivity index (χ3v) is 10.4. The van der Waals surface area contributed by atoms with E-state index >= 15 is 0 Å². The van der Waals surface area contributed by atoms with Crippen LogP contribution in [0, 0.1) is 0 Å². The van der Waals surface area contributed by atoms with Crippen LogP contribution in [0.15, 0.2) is 122 Å². The molecule has 0 bridgehead atoms. The Hall–Kier alpha value is -4.19. The summed E-state index contributed by atoms with van der Waals surface area (Å²) in [4.78, 5) is 38.0. The second kappa shape index (κ2) is 52.4. The molecule has 0 aliphatic rings. The highest BCUT2D eigenvalue weighted by atomic mass is 16.6. The molecule has 0 amide bonds. The third-order valence-electron chi connectivity index (χ3n) is 10.4. The fourth-order valence-corrected chi connectivity index (χ4v) is 6.50. The van der Waals surface area contributed by atoms with E-state index in [4.69, 9.17) is 14.2 Å². The number of hydrogen-bond acceptors (Lipinski definition) is 6. The van der Waals surface area contributed by atoms with Crippen molar-refractivity contribution in [3.05, 3.63) is 122 Å². The third kappa shape index (κ3) is 50.7. The van der Waals surface area contributed by atoms with Gasteiger partial charge in [0, 0.05) is 19.3 Å². The Morgan fingerprint density at radius 3 is 1.03 bits per heavy atom. The highest BCUT2D eigenvalue weighted by molar-refractivity contribution is 5.71. The number of esters is 3. The molecule has 6 nitrogen and oxygen atoms in total. The van der Waals surface area contributed by atoms with Crippen molar-refractivity contribution in [1.29, 1.82) is 0 Å². The largest absolute Gasteiger partial charge is 0.462 e. The number of allylic oxidation sites excluding steroid dienone is 20. The summed E-state index contributed by atoms with van der Waals surface area (Å²) in [6.45, 7) is 6.33. The van der Waals surface area contributed by atoms with E-state index in [1.807, 2.05) is 12.2 Å². The normalized spacial score (nSPS) is 13.1. The van der Waals surface area contributed by atoms with E-state index in [1.165, 1.54) is 38.5 Å². The van der Waals surface area contributed by atoms with E-state index in [2.05, 4.69) is 130 Å². The minimum Gasteiger partial charge on any atom is -0.462 e. The molecule has 0 saturated heterocycles. The summed E-state index contributed by atoms with van der Waals surface area (Å²) in [5.41, 5.74) is 0. The van der Waals surface area contributed by atoms with Crippen LogP contribution >= 0.6 is 0 Å². The van der Waals surface area contributed by atoms with E-state index in [1.54, 1.807) is 0 Å². The zero-order valence-corrected chi connectivity index (χ0v) is 41.7. The van der Waals surface area contributed by atoms with E-state index < -0.39 is 6.10 Å². The van der Waals surface area contributed by atoms with Crippen molar-refractivity contribution in [1.82, 2.24) is 0 Å². The molecule has 0 spiro atoms. The molecule has 0 heterocycles. The van der Waals surface area contributed by atoms with Gasteiger partial charge in [-0.25, -0.2) is 0 Å². The van der Waals surface area contributed by atoms with Crippen molar-refractivity contribution in [3.8, 4) is 0 Å². The van der Waals surface area contributed by atoms with Crippen LogP contribution in [0.5, 0.6) is 0 Å². The minimum atomic E-state index is -0.825. The summed E-state index contributed by atoms with van der Waals surface area (Å²) in [5.74, 6) is -1.04.